The van der Waals surface area contributed by atoms with Gasteiger partial charge in [-0.1, -0.05) is 64.2 Å². The summed E-state index contributed by atoms with van der Waals surface area (Å²) in [6.45, 7) is 1.75. The Hall–Kier alpha value is -3.35. The molecular formula is C32H36F2N3O3P. The summed E-state index contributed by atoms with van der Waals surface area (Å²) in [5, 5.41) is 5.68. The van der Waals surface area contributed by atoms with Gasteiger partial charge in [-0.05, 0) is 72.3 Å². The second kappa shape index (κ2) is 12.3. The van der Waals surface area contributed by atoms with Crippen molar-refractivity contribution in [1.82, 2.24) is 15.5 Å². The molecule has 9 heteroatoms. The molecule has 0 aromatic heterocycles. The molecule has 0 bridgehead atoms. The van der Waals surface area contributed by atoms with Crippen molar-refractivity contribution in [3.05, 3.63) is 89.5 Å². The number of hydrogen-bond donors (Lipinski definition) is 2. The van der Waals surface area contributed by atoms with Crippen LogP contribution in [-0.2, 0) is 10.2 Å². The van der Waals surface area contributed by atoms with Crippen molar-refractivity contribution in [3.8, 4) is 16.9 Å². The lowest BCUT2D eigenvalue weighted by atomic mass is 9.73. The van der Waals surface area contributed by atoms with Gasteiger partial charge in [-0.25, -0.2) is 8.78 Å². The van der Waals surface area contributed by atoms with Crippen LogP contribution >= 0.6 is 9.24 Å². The van der Waals surface area contributed by atoms with Crippen LogP contribution in [0.2, 0.25) is 0 Å². The predicted molar refractivity (Wildman–Crippen MR) is 159 cm³/mol. The van der Waals surface area contributed by atoms with Gasteiger partial charge >= 0.3 is 0 Å². The molecule has 1 heterocycles. The molecular weight excluding hydrogens is 543 g/mol. The van der Waals surface area contributed by atoms with Gasteiger partial charge in [-0.2, -0.15) is 0 Å². The molecule has 2 unspecified atom stereocenters. The number of unbranched alkanes of at least 4 members (excludes halogenated alkanes) is 1. The highest BCUT2D eigenvalue weighted by atomic mass is 31.0. The summed E-state index contributed by atoms with van der Waals surface area (Å²) in [7, 11) is 3.09. The molecule has 2 aliphatic rings. The highest BCUT2D eigenvalue weighted by Gasteiger charge is 2.48. The Morgan fingerprint density at radius 3 is 2.24 bits per heavy atom. The minimum Gasteiger partial charge on any atom is -0.497 e. The van der Waals surface area contributed by atoms with Gasteiger partial charge in [0, 0.05) is 24.7 Å². The van der Waals surface area contributed by atoms with E-state index in [0.29, 0.717) is 17.7 Å². The van der Waals surface area contributed by atoms with Crippen molar-refractivity contribution >= 4 is 21.1 Å². The van der Waals surface area contributed by atoms with E-state index in [1.807, 2.05) is 48.5 Å². The van der Waals surface area contributed by atoms with Crippen molar-refractivity contribution < 1.29 is 23.1 Å². The van der Waals surface area contributed by atoms with Crippen molar-refractivity contribution in [2.45, 2.75) is 42.8 Å². The minimum absolute atomic E-state index is 0.0730. The summed E-state index contributed by atoms with van der Waals surface area (Å²) in [6, 6.07) is 22.7. The molecule has 2 atom stereocenters. The molecule has 0 saturated carbocycles. The number of nitrogens with zero attached hydrogens (tertiary/aromatic N) is 1. The molecule has 2 N–H and O–H groups in total. The van der Waals surface area contributed by atoms with E-state index >= 15 is 0 Å². The lowest BCUT2D eigenvalue weighted by Gasteiger charge is -2.31. The summed E-state index contributed by atoms with van der Waals surface area (Å²) in [5.74, 6) is 0.223. The van der Waals surface area contributed by atoms with Crippen LogP contribution in [-0.4, -0.2) is 61.7 Å². The molecule has 0 radical (unpaired) electrons. The van der Waals surface area contributed by atoms with Crippen LogP contribution in [0, 0.1) is 0 Å². The van der Waals surface area contributed by atoms with Gasteiger partial charge in [-0.3, -0.25) is 9.59 Å². The number of hydrogen-bond acceptors (Lipinski definition) is 4. The number of likely N-dealkylation sites (tertiary alicyclic amines) is 1. The third-order valence-corrected chi connectivity index (χ3v) is 8.38. The van der Waals surface area contributed by atoms with Crippen molar-refractivity contribution in [2.24, 2.45) is 0 Å². The Labute approximate surface area is 242 Å². The van der Waals surface area contributed by atoms with Gasteiger partial charge in [0.15, 0.2) is 0 Å². The number of nitrogens with one attached hydrogen (secondary N) is 2. The Bertz CT molecular complexity index is 1350. The van der Waals surface area contributed by atoms with E-state index in [9.17, 15) is 18.4 Å². The fourth-order valence-corrected chi connectivity index (χ4v) is 6.29. The molecule has 1 fully saturated rings. The number of fused-ring (bicyclic) bond motifs is 3. The van der Waals surface area contributed by atoms with Crippen LogP contribution in [0.15, 0.2) is 72.8 Å². The molecule has 3 aromatic rings. The van der Waals surface area contributed by atoms with Crippen LogP contribution in [0.4, 0.5) is 8.78 Å². The summed E-state index contributed by atoms with van der Waals surface area (Å²) in [4.78, 5) is 28.8. The summed E-state index contributed by atoms with van der Waals surface area (Å²) >= 11 is 0. The lowest BCUT2D eigenvalue weighted by Crippen LogP contribution is -2.47. The Balaban J connectivity index is 1.22. The summed E-state index contributed by atoms with van der Waals surface area (Å²) in [6.07, 6.45) is 2.98. The SMILES string of the molecule is COc1ccc(C(=O)NC2CCN(CCCCC3(C(=O)NCC(F)(F)P)c4ccccc4-c4ccccc43)C2)cc1. The van der Waals surface area contributed by atoms with E-state index < -0.39 is 17.6 Å². The van der Waals surface area contributed by atoms with E-state index in [0.717, 1.165) is 61.2 Å². The second-order valence-electron chi connectivity index (χ2n) is 10.9. The quantitative estimate of drug-likeness (QED) is 0.242. The maximum Gasteiger partial charge on any atom is 0.275 e. The monoisotopic (exact) mass is 579 g/mol. The van der Waals surface area contributed by atoms with Gasteiger partial charge in [0.2, 0.25) is 5.91 Å². The average molecular weight is 580 g/mol. The molecule has 0 spiro atoms. The zero-order valence-electron chi connectivity index (χ0n) is 23.2. The van der Waals surface area contributed by atoms with E-state index in [1.54, 1.807) is 31.4 Å². The van der Waals surface area contributed by atoms with Gasteiger partial charge in [0.05, 0.1) is 13.7 Å². The Morgan fingerprint density at radius 2 is 1.63 bits per heavy atom. The third kappa shape index (κ3) is 6.29. The number of benzene rings is 3. The zero-order chi connectivity index (χ0) is 29.0. The van der Waals surface area contributed by atoms with Gasteiger partial charge in [0.1, 0.15) is 11.2 Å². The summed E-state index contributed by atoms with van der Waals surface area (Å²) in [5.41, 5.74) is 0.190. The number of amides is 2. The van der Waals surface area contributed by atoms with E-state index in [-0.39, 0.29) is 17.9 Å². The first-order valence-electron chi connectivity index (χ1n) is 14.0. The third-order valence-electron chi connectivity index (χ3n) is 8.17. The van der Waals surface area contributed by atoms with E-state index in [4.69, 9.17) is 4.74 Å². The molecule has 3 aromatic carbocycles. The molecule has 1 aliphatic carbocycles. The lowest BCUT2D eigenvalue weighted by molar-refractivity contribution is -0.126. The molecule has 5 rings (SSSR count). The topological polar surface area (TPSA) is 70.7 Å². The highest BCUT2D eigenvalue weighted by molar-refractivity contribution is 7.18. The van der Waals surface area contributed by atoms with Crippen LogP contribution in [0.1, 0.15) is 47.2 Å². The first-order valence-corrected chi connectivity index (χ1v) is 14.6. The van der Waals surface area contributed by atoms with Crippen molar-refractivity contribution in [1.29, 1.82) is 0 Å². The van der Waals surface area contributed by atoms with Crippen LogP contribution in [0.5, 0.6) is 5.75 Å². The van der Waals surface area contributed by atoms with Gasteiger partial charge in [-0.15, -0.1) is 0 Å². The average Bonchev–Trinajstić information content (AvgIpc) is 3.54. The fourth-order valence-electron chi connectivity index (χ4n) is 6.19. The number of halogens is 2. The number of carbonyl (C=O) groups is 2. The first-order chi connectivity index (χ1) is 19.7. The van der Waals surface area contributed by atoms with Gasteiger partial charge < -0.3 is 20.3 Å². The smallest absolute Gasteiger partial charge is 0.275 e. The normalized spacial score (nSPS) is 17.5. The van der Waals surface area contributed by atoms with Crippen LogP contribution in [0.25, 0.3) is 11.1 Å². The Kier molecular flexibility index (Phi) is 8.71. The van der Waals surface area contributed by atoms with Crippen LogP contribution < -0.4 is 15.4 Å². The number of methoxy groups -OCH3 is 1. The largest absolute Gasteiger partial charge is 0.497 e. The number of alkyl halides is 2. The maximum absolute atomic E-state index is 13.8. The number of ether oxygens (including phenoxy) is 1. The molecule has 1 aliphatic heterocycles. The molecule has 1 saturated heterocycles. The molecule has 2 amide bonds. The van der Waals surface area contributed by atoms with Crippen LogP contribution in [0.3, 0.4) is 0 Å². The second-order valence-corrected chi connectivity index (χ2v) is 11.7. The molecule has 6 nitrogen and oxygen atoms in total. The van der Waals surface area contributed by atoms with Crippen molar-refractivity contribution in [2.75, 3.05) is 33.3 Å². The number of carbonyl (C=O) groups excluding carboxylic acids is 2. The summed E-state index contributed by atoms with van der Waals surface area (Å²) < 4.78 is 32.6. The standard InChI is InChI=1S/C32H36F2N3O3P/c1-40-24-14-12-22(13-15-24)29(38)36-23-16-19-37(20-23)18-7-6-17-31(30(39)35-21-32(33,34)41)27-10-4-2-8-25(27)26-9-3-5-11-28(26)31/h2-5,8-15,23H,6-7,16-21,41H2,1H3,(H,35,39)(H,36,38). The fraction of sp³-hybridized carbons (Fsp3) is 0.375. The zero-order valence-corrected chi connectivity index (χ0v) is 24.3. The van der Waals surface area contributed by atoms with E-state index in [1.165, 1.54) is 9.24 Å². The maximum atomic E-state index is 13.8. The van der Waals surface area contributed by atoms with E-state index in [2.05, 4.69) is 15.5 Å². The molecule has 216 valence electrons. The van der Waals surface area contributed by atoms with Crippen molar-refractivity contribution in [3.63, 3.8) is 0 Å². The van der Waals surface area contributed by atoms with Gasteiger partial charge in [0.25, 0.3) is 11.6 Å². The minimum atomic E-state index is -3.08. The first kappa shape index (κ1) is 29.2. The molecule has 41 heavy (non-hydrogen) atoms. The predicted octanol–water partition coefficient (Wildman–Crippen LogP) is 5.22. The highest BCUT2D eigenvalue weighted by Crippen LogP contribution is 2.51. The Morgan fingerprint density at radius 1 is 1.00 bits per heavy atom. The number of rotatable bonds is 11.